The molecular formula is C27H30N4O5. The normalized spacial score (nSPS) is 18.2. The van der Waals surface area contributed by atoms with Crippen molar-refractivity contribution in [1.29, 1.82) is 0 Å². The quantitative estimate of drug-likeness (QED) is 0.534. The molecular weight excluding hydrogens is 460 g/mol. The van der Waals surface area contributed by atoms with Crippen LogP contribution >= 0.6 is 0 Å². The molecule has 3 aromatic rings. The van der Waals surface area contributed by atoms with E-state index in [4.69, 9.17) is 29.0 Å². The fraction of sp³-hybridized carbons (Fsp3) is 0.370. The summed E-state index contributed by atoms with van der Waals surface area (Å²) in [4.78, 5) is 18.3. The number of aromatic nitrogens is 3. The maximum atomic E-state index is 13.5. The van der Waals surface area contributed by atoms with Crippen LogP contribution in [0.4, 0.5) is 5.95 Å². The van der Waals surface area contributed by atoms with Crippen LogP contribution in [0.3, 0.4) is 0 Å². The minimum atomic E-state index is -0.457. The third kappa shape index (κ3) is 3.94. The third-order valence-corrected chi connectivity index (χ3v) is 6.70. The first-order valence-electron chi connectivity index (χ1n) is 11.7. The van der Waals surface area contributed by atoms with Crippen molar-refractivity contribution < 1.29 is 23.7 Å². The summed E-state index contributed by atoms with van der Waals surface area (Å²) >= 11 is 0. The van der Waals surface area contributed by atoms with Crippen molar-refractivity contribution in [3.8, 4) is 34.4 Å². The Bertz CT molecular complexity index is 1370. The molecule has 0 saturated heterocycles. The number of anilines is 1. The van der Waals surface area contributed by atoms with E-state index < -0.39 is 6.04 Å². The van der Waals surface area contributed by atoms with Crippen molar-refractivity contribution in [2.24, 2.45) is 5.41 Å². The van der Waals surface area contributed by atoms with Crippen LogP contribution in [0.15, 0.2) is 47.7 Å². The summed E-state index contributed by atoms with van der Waals surface area (Å²) in [6, 6.07) is 10.8. The molecule has 188 valence electrons. The Balaban J connectivity index is 1.67. The number of ketones is 1. The fourth-order valence-electron chi connectivity index (χ4n) is 5.04. The third-order valence-electron chi connectivity index (χ3n) is 6.70. The average Bonchev–Trinajstić information content (AvgIpc) is 3.29. The largest absolute Gasteiger partial charge is 0.493 e. The lowest BCUT2D eigenvalue weighted by atomic mass is 9.73. The molecule has 0 saturated carbocycles. The standard InChI is InChI=1S/C27H30N4O5/c1-27(2)13-17-23(18(32)14-27)24(15-7-9-19(33-3)21(11-15)35-5)31-26(28-17)29-25(30-31)16-8-10-20(34-4)22(12-16)36-6/h7-12,24H,13-14H2,1-6H3,(H,28,29,30)/t24-/m0/s1. The zero-order valence-corrected chi connectivity index (χ0v) is 21.3. The number of rotatable bonds is 6. The van der Waals surface area contributed by atoms with E-state index in [0.717, 1.165) is 23.2 Å². The van der Waals surface area contributed by atoms with Gasteiger partial charge in [0.2, 0.25) is 5.95 Å². The van der Waals surface area contributed by atoms with E-state index in [2.05, 4.69) is 19.2 Å². The van der Waals surface area contributed by atoms with Crippen molar-refractivity contribution in [1.82, 2.24) is 14.8 Å². The number of hydrogen-bond acceptors (Lipinski definition) is 8. The van der Waals surface area contributed by atoms with Gasteiger partial charge in [0, 0.05) is 23.3 Å². The van der Waals surface area contributed by atoms with Gasteiger partial charge < -0.3 is 24.3 Å². The molecule has 1 aliphatic carbocycles. The van der Waals surface area contributed by atoms with E-state index >= 15 is 0 Å². The van der Waals surface area contributed by atoms with Crippen LogP contribution in [0.25, 0.3) is 11.4 Å². The van der Waals surface area contributed by atoms with Crippen LogP contribution in [0.5, 0.6) is 23.0 Å². The van der Waals surface area contributed by atoms with E-state index in [1.54, 1.807) is 33.1 Å². The smallest absolute Gasteiger partial charge is 0.226 e. The Morgan fingerprint density at radius 2 is 1.53 bits per heavy atom. The fourth-order valence-corrected chi connectivity index (χ4v) is 5.04. The van der Waals surface area contributed by atoms with Crippen molar-refractivity contribution in [3.05, 3.63) is 53.2 Å². The van der Waals surface area contributed by atoms with Gasteiger partial charge in [0.15, 0.2) is 34.6 Å². The van der Waals surface area contributed by atoms with E-state index in [9.17, 15) is 4.79 Å². The minimum absolute atomic E-state index is 0.0994. The lowest BCUT2D eigenvalue weighted by molar-refractivity contribution is -0.118. The number of fused-ring (bicyclic) bond motifs is 1. The summed E-state index contributed by atoms with van der Waals surface area (Å²) in [5.74, 6) is 3.59. The van der Waals surface area contributed by atoms with Gasteiger partial charge in [0.05, 0.1) is 28.4 Å². The van der Waals surface area contributed by atoms with Crippen molar-refractivity contribution in [2.75, 3.05) is 33.8 Å². The number of allylic oxidation sites excluding steroid dienone is 2. The SMILES string of the molecule is COc1ccc(-c2nc3n(n2)[C@@H](c2ccc(OC)c(OC)c2)C2=C(CC(C)(C)CC2=O)N3)cc1OC. The summed E-state index contributed by atoms with van der Waals surface area (Å²) < 4.78 is 23.6. The van der Waals surface area contributed by atoms with Gasteiger partial charge in [-0.2, -0.15) is 4.98 Å². The second-order valence-corrected chi connectivity index (χ2v) is 9.75. The lowest BCUT2D eigenvalue weighted by Gasteiger charge is -2.38. The molecule has 2 aliphatic rings. The highest BCUT2D eigenvalue weighted by atomic mass is 16.5. The number of methoxy groups -OCH3 is 4. The molecule has 1 aromatic heterocycles. The predicted octanol–water partition coefficient (Wildman–Crippen LogP) is 4.64. The van der Waals surface area contributed by atoms with Gasteiger partial charge >= 0.3 is 0 Å². The summed E-state index contributed by atoms with van der Waals surface area (Å²) in [6.45, 7) is 4.21. The van der Waals surface area contributed by atoms with Crippen LogP contribution < -0.4 is 24.3 Å². The molecule has 0 spiro atoms. The summed E-state index contributed by atoms with van der Waals surface area (Å²) in [6.07, 6.45) is 1.19. The van der Waals surface area contributed by atoms with Crippen LogP contribution in [-0.2, 0) is 4.79 Å². The maximum absolute atomic E-state index is 13.5. The molecule has 5 rings (SSSR count). The summed E-state index contributed by atoms with van der Waals surface area (Å²) in [5.41, 5.74) is 3.07. The topological polar surface area (TPSA) is 96.7 Å². The van der Waals surface area contributed by atoms with Crippen molar-refractivity contribution in [3.63, 3.8) is 0 Å². The summed E-state index contributed by atoms with van der Waals surface area (Å²) in [7, 11) is 6.38. The highest BCUT2D eigenvalue weighted by molar-refractivity contribution is 6.00. The van der Waals surface area contributed by atoms with Gasteiger partial charge in [-0.3, -0.25) is 4.79 Å². The number of hydrogen-bond donors (Lipinski definition) is 1. The van der Waals surface area contributed by atoms with Gasteiger partial charge in [-0.1, -0.05) is 19.9 Å². The Hall–Kier alpha value is -4.01. The number of nitrogens with zero attached hydrogens (tertiary/aromatic N) is 3. The molecule has 2 aromatic carbocycles. The van der Waals surface area contributed by atoms with Crippen LogP contribution in [0.2, 0.25) is 0 Å². The van der Waals surface area contributed by atoms with Crippen molar-refractivity contribution >= 4 is 11.7 Å². The predicted molar refractivity (Wildman–Crippen MR) is 135 cm³/mol. The molecule has 0 unspecified atom stereocenters. The number of benzene rings is 2. The van der Waals surface area contributed by atoms with Crippen LogP contribution in [0, 0.1) is 5.41 Å². The first-order chi connectivity index (χ1) is 17.3. The number of Topliss-reactive ketones (excluding diaryl/α,β-unsaturated/α-hetero) is 1. The molecule has 0 radical (unpaired) electrons. The monoisotopic (exact) mass is 490 g/mol. The maximum Gasteiger partial charge on any atom is 0.226 e. The molecule has 1 N–H and O–H groups in total. The molecule has 2 heterocycles. The molecule has 9 heteroatoms. The average molecular weight is 491 g/mol. The number of nitrogens with one attached hydrogen (secondary N) is 1. The molecule has 1 atom stereocenters. The first kappa shape index (κ1) is 23.7. The van der Waals surface area contributed by atoms with Gasteiger partial charge in [0.1, 0.15) is 6.04 Å². The van der Waals surface area contributed by atoms with Gasteiger partial charge in [0.25, 0.3) is 0 Å². The van der Waals surface area contributed by atoms with Crippen molar-refractivity contribution in [2.45, 2.75) is 32.7 Å². The second kappa shape index (κ2) is 8.89. The lowest BCUT2D eigenvalue weighted by Crippen LogP contribution is -2.36. The second-order valence-electron chi connectivity index (χ2n) is 9.75. The van der Waals surface area contributed by atoms with Gasteiger partial charge in [-0.05, 0) is 47.7 Å². The number of ether oxygens (including phenoxy) is 4. The van der Waals surface area contributed by atoms with E-state index in [-0.39, 0.29) is 11.2 Å². The Morgan fingerprint density at radius 3 is 2.19 bits per heavy atom. The molecule has 0 amide bonds. The number of carbonyl (C=O) groups excluding carboxylic acids is 1. The van der Waals surface area contributed by atoms with E-state index in [1.807, 2.05) is 36.4 Å². The first-order valence-corrected chi connectivity index (χ1v) is 11.7. The highest BCUT2D eigenvalue weighted by Crippen LogP contribution is 2.47. The molecule has 9 nitrogen and oxygen atoms in total. The van der Waals surface area contributed by atoms with Gasteiger partial charge in [-0.25, -0.2) is 4.68 Å². The van der Waals surface area contributed by atoms with E-state index in [0.29, 0.717) is 46.8 Å². The molecule has 0 fully saturated rings. The summed E-state index contributed by atoms with van der Waals surface area (Å²) in [5, 5.41) is 8.27. The number of carbonyl (C=O) groups is 1. The Kier molecular flexibility index (Phi) is 5.86. The highest BCUT2D eigenvalue weighted by Gasteiger charge is 2.42. The van der Waals surface area contributed by atoms with Crippen LogP contribution in [-0.4, -0.2) is 49.0 Å². The molecule has 36 heavy (non-hydrogen) atoms. The van der Waals surface area contributed by atoms with Crippen LogP contribution in [0.1, 0.15) is 38.3 Å². The Labute approximate surface area is 210 Å². The van der Waals surface area contributed by atoms with Gasteiger partial charge in [-0.15, -0.1) is 5.10 Å². The van der Waals surface area contributed by atoms with E-state index in [1.165, 1.54) is 0 Å². The minimum Gasteiger partial charge on any atom is -0.493 e. The zero-order valence-electron chi connectivity index (χ0n) is 21.3. The molecule has 1 aliphatic heterocycles. The zero-order chi connectivity index (χ0) is 25.6. The molecule has 0 bridgehead atoms. The Morgan fingerprint density at radius 1 is 0.889 bits per heavy atom.